The van der Waals surface area contributed by atoms with Crippen LogP contribution < -0.4 is 0 Å². The highest BCUT2D eigenvalue weighted by molar-refractivity contribution is 5.93. The minimum Gasteiger partial charge on any atom is -0.481 e. The van der Waals surface area contributed by atoms with Crippen molar-refractivity contribution in [2.45, 2.75) is 6.42 Å². The van der Waals surface area contributed by atoms with E-state index in [4.69, 9.17) is 4.74 Å². The maximum atomic E-state index is 12.9. The summed E-state index contributed by atoms with van der Waals surface area (Å²) in [6, 6.07) is 5.23. The number of rotatable bonds is 3. The van der Waals surface area contributed by atoms with E-state index in [2.05, 4.69) is 10.1 Å². The highest BCUT2D eigenvalue weighted by Crippen LogP contribution is 2.42. The summed E-state index contributed by atoms with van der Waals surface area (Å²) >= 11 is 0. The van der Waals surface area contributed by atoms with E-state index in [-0.39, 0.29) is 24.1 Å². The SMILES string of the molecule is O=C(c1cc(-n2cccn2)ccn1)N1C[C@H]2COCC[C@@]2(C(=O)O)C1. The lowest BCUT2D eigenvalue weighted by molar-refractivity contribution is -0.157. The first-order valence-electron chi connectivity index (χ1n) is 8.17. The number of carbonyl (C=O) groups is 2. The number of hydrogen-bond donors (Lipinski definition) is 1. The van der Waals surface area contributed by atoms with Gasteiger partial charge in [-0.05, 0) is 24.6 Å². The van der Waals surface area contributed by atoms with Crippen LogP contribution in [0, 0.1) is 11.3 Å². The second-order valence-corrected chi connectivity index (χ2v) is 6.52. The molecule has 2 saturated heterocycles. The lowest BCUT2D eigenvalue weighted by Crippen LogP contribution is -2.45. The fourth-order valence-corrected chi connectivity index (χ4v) is 3.72. The molecule has 2 aliphatic rings. The summed E-state index contributed by atoms with van der Waals surface area (Å²) in [6.45, 7) is 1.36. The molecular weight excluding hydrogens is 324 g/mol. The zero-order valence-corrected chi connectivity index (χ0v) is 13.5. The number of likely N-dealkylation sites (tertiary alicyclic amines) is 1. The molecule has 8 heteroatoms. The first kappa shape index (κ1) is 15.8. The molecule has 2 aromatic heterocycles. The summed E-state index contributed by atoms with van der Waals surface area (Å²) in [7, 11) is 0. The molecule has 4 heterocycles. The minimum atomic E-state index is -0.909. The van der Waals surface area contributed by atoms with Gasteiger partial charge in [0.05, 0.1) is 17.7 Å². The van der Waals surface area contributed by atoms with E-state index in [0.29, 0.717) is 26.2 Å². The number of nitrogens with zero attached hydrogens (tertiary/aromatic N) is 4. The standard InChI is InChI=1S/C17H18N4O4/c22-15(14-8-13(2-5-18-14)21-6-1-4-19-21)20-9-12-10-25-7-3-17(12,11-20)16(23)24/h1-2,4-6,8,12H,3,7,9-11H2,(H,23,24)/t12-,17+/m0/s1. The lowest BCUT2D eigenvalue weighted by Gasteiger charge is -2.33. The molecule has 0 radical (unpaired) electrons. The quantitative estimate of drug-likeness (QED) is 0.887. The van der Waals surface area contributed by atoms with Crippen molar-refractivity contribution in [1.29, 1.82) is 0 Å². The Balaban J connectivity index is 1.60. The molecule has 0 spiro atoms. The monoisotopic (exact) mass is 342 g/mol. The molecule has 0 aromatic carbocycles. The van der Waals surface area contributed by atoms with E-state index in [1.165, 1.54) is 0 Å². The molecule has 0 unspecified atom stereocenters. The van der Waals surface area contributed by atoms with E-state index in [9.17, 15) is 14.7 Å². The number of ether oxygens (including phenoxy) is 1. The van der Waals surface area contributed by atoms with Crippen LogP contribution >= 0.6 is 0 Å². The summed E-state index contributed by atoms with van der Waals surface area (Å²) < 4.78 is 7.08. The molecule has 130 valence electrons. The van der Waals surface area contributed by atoms with Gasteiger partial charge in [-0.15, -0.1) is 0 Å². The van der Waals surface area contributed by atoms with Gasteiger partial charge in [-0.25, -0.2) is 4.68 Å². The van der Waals surface area contributed by atoms with Crippen LogP contribution in [0.15, 0.2) is 36.8 Å². The van der Waals surface area contributed by atoms with Gasteiger partial charge in [0.15, 0.2) is 0 Å². The first-order valence-corrected chi connectivity index (χ1v) is 8.17. The second-order valence-electron chi connectivity index (χ2n) is 6.52. The number of amides is 1. The zero-order valence-electron chi connectivity index (χ0n) is 13.5. The molecule has 2 fully saturated rings. The average Bonchev–Trinajstić information content (AvgIpc) is 3.29. The normalized spacial score (nSPS) is 25.6. The number of aromatic nitrogens is 3. The van der Waals surface area contributed by atoms with Crippen molar-refractivity contribution in [1.82, 2.24) is 19.7 Å². The Hall–Kier alpha value is -2.74. The van der Waals surface area contributed by atoms with Crippen molar-refractivity contribution in [2.75, 3.05) is 26.3 Å². The Morgan fingerprint density at radius 2 is 2.24 bits per heavy atom. The number of carboxylic acids is 1. The third kappa shape index (κ3) is 2.58. The summed E-state index contributed by atoms with van der Waals surface area (Å²) in [4.78, 5) is 30.5. The van der Waals surface area contributed by atoms with Gasteiger partial charge in [-0.3, -0.25) is 14.6 Å². The number of pyridine rings is 1. The molecular formula is C17H18N4O4. The van der Waals surface area contributed by atoms with Crippen LogP contribution in [0.25, 0.3) is 5.69 Å². The Labute approximate surface area is 144 Å². The Kier molecular flexibility index (Phi) is 3.76. The summed E-state index contributed by atoms with van der Waals surface area (Å²) in [5, 5.41) is 13.9. The van der Waals surface area contributed by atoms with Crippen molar-refractivity contribution in [2.24, 2.45) is 11.3 Å². The third-order valence-electron chi connectivity index (χ3n) is 5.15. The van der Waals surface area contributed by atoms with Gasteiger partial charge >= 0.3 is 5.97 Å². The number of aliphatic carboxylic acids is 1. The predicted octanol–water partition coefficient (Wildman–Crippen LogP) is 0.831. The Morgan fingerprint density at radius 3 is 2.96 bits per heavy atom. The largest absolute Gasteiger partial charge is 0.481 e. The zero-order chi connectivity index (χ0) is 17.4. The molecule has 0 aliphatic carbocycles. The van der Waals surface area contributed by atoms with Crippen LogP contribution in [0.1, 0.15) is 16.9 Å². The molecule has 1 N–H and O–H groups in total. The van der Waals surface area contributed by atoms with Gasteiger partial charge in [-0.1, -0.05) is 0 Å². The van der Waals surface area contributed by atoms with E-state index < -0.39 is 11.4 Å². The summed E-state index contributed by atoms with van der Waals surface area (Å²) in [6.07, 6.45) is 5.43. The van der Waals surface area contributed by atoms with Crippen LogP contribution in [0.4, 0.5) is 0 Å². The molecule has 4 rings (SSSR count). The molecule has 2 atom stereocenters. The number of carbonyl (C=O) groups excluding carboxylic acids is 1. The second kappa shape index (κ2) is 5.96. The first-order chi connectivity index (χ1) is 12.1. The topological polar surface area (TPSA) is 97.5 Å². The summed E-state index contributed by atoms with van der Waals surface area (Å²) in [5.74, 6) is -1.30. The highest BCUT2D eigenvalue weighted by atomic mass is 16.5. The van der Waals surface area contributed by atoms with Gasteiger partial charge in [0.1, 0.15) is 5.69 Å². The molecule has 25 heavy (non-hydrogen) atoms. The highest BCUT2D eigenvalue weighted by Gasteiger charge is 2.55. The van der Waals surface area contributed by atoms with Gasteiger partial charge in [0, 0.05) is 44.2 Å². The fraction of sp³-hybridized carbons (Fsp3) is 0.412. The maximum Gasteiger partial charge on any atom is 0.311 e. The van der Waals surface area contributed by atoms with E-state index in [1.807, 2.05) is 0 Å². The van der Waals surface area contributed by atoms with Crippen LogP contribution in [-0.2, 0) is 9.53 Å². The van der Waals surface area contributed by atoms with Gasteiger partial charge in [0.2, 0.25) is 0 Å². The maximum absolute atomic E-state index is 12.9. The van der Waals surface area contributed by atoms with Gasteiger partial charge < -0.3 is 14.7 Å². The third-order valence-corrected chi connectivity index (χ3v) is 5.15. The smallest absolute Gasteiger partial charge is 0.311 e. The van der Waals surface area contributed by atoms with Crippen LogP contribution in [0.5, 0.6) is 0 Å². The average molecular weight is 342 g/mol. The van der Waals surface area contributed by atoms with Crippen molar-refractivity contribution in [3.63, 3.8) is 0 Å². The van der Waals surface area contributed by atoms with Crippen LogP contribution in [0.2, 0.25) is 0 Å². The number of hydrogen-bond acceptors (Lipinski definition) is 5. The summed E-state index contributed by atoms with van der Waals surface area (Å²) in [5.41, 5.74) is 0.109. The van der Waals surface area contributed by atoms with E-state index in [0.717, 1.165) is 5.69 Å². The molecule has 1 amide bonds. The molecule has 0 bridgehead atoms. The lowest BCUT2D eigenvalue weighted by atomic mass is 9.74. The van der Waals surface area contributed by atoms with Gasteiger partial charge in [-0.2, -0.15) is 5.10 Å². The fourth-order valence-electron chi connectivity index (χ4n) is 3.72. The minimum absolute atomic E-state index is 0.183. The Morgan fingerprint density at radius 1 is 1.36 bits per heavy atom. The Bertz CT molecular complexity index is 807. The molecule has 0 saturated carbocycles. The predicted molar refractivity (Wildman–Crippen MR) is 86.3 cm³/mol. The van der Waals surface area contributed by atoms with E-state index >= 15 is 0 Å². The van der Waals surface area contributed by atoms with Gasteiger partial charge in [0.25, 0.3) is 5.91 Å². The molecule has 8 nitrogen and oxygen atoms in total. The van der Waals surface area contributed by atoms with Crippen molar-refractivity contribution in [3.05, 3.63) is 42.5 Å². The van der Waals surface area contributed by atoms with Crippen molar-refractivity contribution >= 4 is 11.9 Å². The van der Waals surface area contributed by atoms with E-state index in [1.54, 1.807) is 46.4 Å². The molecule has 2 aromatic rings. The van der Waals surface area contributed by atoms with Crippen molar-refractivity contribution < 1.29 is 19.4 Å². The number of fused-ring (bicyclic) bond motifs is 1. The van der Waals surface area contributed by atoms with Crippen LogP contribution in [-0.4, -0.2) is 63.0 Å². The van der Waals surface area contributed by atoms with Crippen molar-refractivity contribution in [3.8, 4) is 5.69 Å². The molecule has 2 aliphatic heterocycles. The number of carboxylic acid groups (broad SMARTS) is 1. The van der Waals surface area contributed by atoms with Crippen LogP contribution in [0.3, 0.4) is 0 Å².